The highest BCUT2D eigenvalue weighted by Crippen LogP contribution is 2.28. The molecule has 6 nitrogen and oxygen atoms in total. The molecule has 2 aromatic rings. The van der Waals surface area contributed by atoms with E-state index in [1.54, 1.807) is 7.11 Å². The van der Waals surface area contributed by atoms with Gasteiger partial charge in [0.15, 0.2) is 4.34 Å². The van der Waals surface area contributed by atoms with Crippen LogP contribution in [0.1, 0.15) is 13.8 Å². The van der Waals surface area contributed by atoms with Crippen molar-refractivity contribution in [2.24, 2.45) is 0 Å². The zero-order valence-corrected chi connectivity index (χ0v) is 14.3. The largest absolute Gasteiger partial charge is 0.497 e. The summed E-state index contributed by atoms with van der Waals surface area (Å²) in [5.41, 5.74) is 0.879. The molecule has 1 aromatic carbocycles. The number of methoxy groups -OCH3 is 1. The molecule has 0 aliphatic rings. The average Bonchev–Trinajstić information content (AvgIpc) is 2.92. The Kier molecular flexibility index (Phi) is 6.02. The second-order valence-corrected chi connectivity index (χ2v) is 6.94. The molecule has 0 fully saturated rings. The molecule has 22 heavy (non-hydrogen) atoms. The van der Waals surface area contributed by atoms with Crippen LogP contribution in [0.2, 0.25) is 0 Å². The third kappa shape index (κ3) is 5.19. The van der Waals surface area contributed by atoms with Crippen LogP contribution in [0, 0.1) is 0 Å². The normalized spacial score (nSPS) is 10.5. The number of carbonyl (C=O) groups excluding carboxylic acids is 1. The van der Waals surface area contributed by atoms with Gasteiger partial charge in [-0.25, -0.2) is 0 Å². The summed E-state index contributed by atoms with van der Waals surface area (Å²) in [7, 11) is 1.63. The molecule has 0 saturated heterocycles. The van der Waals surface area contributed by atoms with Crippen molar-refractivity contribution in [2.75, 3.05) is 18.2 Å². The molecule has 0 radical (unpaired) electrons. The maximum atomic E-state index is 11.6. The highest BCUT2D eigenvalue weighted by Gasteiger charge is 2.09. The fraction of sp³-hybridized carbons (Fsp3) is 0.357. The second kappa shape index (κ2) is 8.00. The van der Waals surface area contributed by atoms with Gasteiger partial charge in [-0.3, -0.25) is 4.79 Å². The van der Waals surface area contributed by atoms with E-state index in [4.69, 9.17) is 4.74 Å². The van der Waals surface area contributed by atoms with E-state index in [0.29, 0.717) is 10.9 Å². The van der Waals surface area contributed by atoms with Gasteiger partial charge < -0.3 is 15.4 Å². The van der Waals surface area contributed by atoms with Gasteiger partial charge >= 0.3 is 0 Å². The molecular weight excluding hydrogens is 320 g/mol. The summed E-state index contributed by atoms with van der Waals surface area (Å²) < 4.78 is 5.93. The van der Waals surface area contributed by atoms with E-state index in [-0.39, 0.29) is 11.9 Å². The van der Waals surface area contributed by atoms with Crippen LogP contribution in [0.15, 0.2) is 28.6 Å². The lowest BCUT2D eigenvalue weighted by Crippen LogP contribution is -2.31. The lowest BCUT2D eigenvalue weighted by Gasteiger charge is -2.06. The SMILES string of the molecule is COc1cccc(Nc2nnc(SCC(=O)NC(C)C)s2)c1. The Morgan fingerprint density at radius 2 is 2.23 bits per heavy atom. The molecule has 118 valence electrons. The van der Waals surface area contributed by atoms with Crippen LogP contribution >= 0.6 is 23.1 Å². The van der Waals surface area contributed by atoms with E-state index in [0.717, 1.165) is 15.8 Å². The number of rotatable bonds is 7. The summed E-state index contributed by atoms with van der Waals surface area (Å²) in [4.78, 5) is 11.6. The highest BCUT2D eigenvalue weighted by atomic mass is 32.2. The highest BCUT2D eigenvalue weighted by molar-refractivity contribution is 8.01. The monoisotopic (exact) mass is 338 g/mol. The lowest BCUT2D eigenvalue weighted by molar-refractivity contribution is -0.119. The van der Waals surface area contributed by atoms with Gasteiger partial charge in [-0.15, -0.1) is 10.2 Å². The first-order chi connectivity index (χ1) is 10.6. The number of anilines is 2. The van der Waals surface area contributed by atoms with E-state index in [1.165, 1.54) is 23.1 Å². The number of thioether (sulfide) groups is 1. The van der Waals surface area contributed by atoms with Crippen molar-refractivity contribution in [1.29, 1.82) is 0 Å². The lowest BCUT2D eigenvalue weighted by atomic mass is 10.3. The molecule has 2 N–H and O–H groups in total. The Morgan fingerprint density at radius 1 is 1.41 bits per heavy atom. The van der Waals surface area contributed by atoms with Crippen molar-refractivity contribution < 1.29 is 9.53 Å². The number of amides is 1. The Bertz CT molecular complexity index is 631. The quantitative estimate of drug-likeness (QED) is 0.756. The van der Waals surface area contributed by atoms with E-state index in [2.05, 4.69) is 20.8 Å². The van der Waals surface area contributed by atoms with Crippen molar-refractivity contribution in [3.8, 4) is 5.75 Å². The fourth-order valence-corrected chi connectivity index (χ4v) is 3.22. The van der Waals surface area contributed by atoms with Crippen molar-refractivity contribution >= 4 is 39.8 Å². The van der Waals surface area contributed by atoms with Crippen LogP contribution in [0.4, 0.5) is 10.8 Å². The minimum Gasteiger partial charge on any atom is -0.497 e. The molecule has 0 aliphatic heterocycles. The Hall–Kier alpha value is -1.80. The molecule has 1 aromatic heterocycles. The van der Waals surface area contributed by atoms with Gasteiger partial charge in [0.1, 0.15) is 5.75 Å². The number of benzene rings is 1. The first-order valence-corrected chi connectivity index (χ1v) is 8.54. The van der Waals surface area contributed by atoms with E-state index in [9.17, 15) is 4.79 Å². The number of carbonyl (C=O) groups is 1. The number of nitrogens with one attached hydrogen (secondary N) is 2. The second-order valence-electron chi connectivity index (χ2n) is 4.74. The molecule has 0 saturated carbocycles. The maximum Gasteiger partial charge on any atom is 0.230 e. The van der Waals surface area contributed by atoms with Gasteiger partial charge in [-0.2, -0.15) is 0 Å². The number of nitrogens with zero attached hydrogens (tertiary/aromatic N) is 2. The predicted octanol–water partition coefficient (Wildman–Crippen LogP) is 2.91. The predicted molar refractivity (Wildman–Crippen MR) is 90.2 cm³/mol. The number of ether oxygens (including phenoxy) is 1. The molecular formula is C14H18N4O2S2. The summed E-state index contributed by atoms with van der Waals surface area (Å²) in [6.07, 6.45) is 0. The van der Waals surface area contributed by atoms with Gasteiger partial charge in [0.05, 0.1) is 12.9 Å². The van der Waals surface area contributed by atoms with Gasteiger partial charge in [0.25, 0.3) is 0 Å². The molecule has 2 rings (SSSR count). The summed E-state index contributed by atoms with van der Waals surface area (Å²) in [6.45, 7) is 3.87. The zero-order valence-electron chi connectivity index (χ0n) is 12.6. The van der Waals surface area contributed by atoms with Crippen molar-refractivity contribution in [3.63, 3.8) is 0 Å². The van der Waals surface area contributed by atoms with Crippen molar-refractivity contribution in [2.45, 2.75) is 24.2 Å². The molecule has 0 aliphatic carbocycles. The molecule has 8 heteroatoms. The van der Waals surface area contributed by atoms with E-state index >= 15 is 0 Å². The standard InChI is InChI=1S/C14H18N4O2S2/c1-9(2)15-12(19)8-21-14-18-17-13(22-14)16-10-5-4-6-11(7-10)20-3/h4-7,9H,8H2,1-3H3,(H,15,19)(H,16,17). The van der Waals surface area contributed by atoms with Gasteiger partial charge in [0, 0.05) is 17.8 Å². The van der Waals surface area contributed by atoms with E-state index < -0.39 is 0 Å². The van der Waals surface area contributed by atoms with Crippen LogP contribution in [-0.2, 0) is 4.79 Å². The fourth-order valence-electron chi connectivity index (χ4n) is 1.63. The van der Waals surface area contributed by atoms with Crippen LogP contribution in [0.25, 0.3) is 0 Å². The average molecular weight is 338 g/mol. The molecule has 1 amide bonds. The molecule has 1 heterocycles. The van der Waals surface area contributed by atoms with Crippen LogP contribution in [-0.4, -0.2) is 35.0 Å². The molecule has 0 unspecified atom stereocenters. The summed E-state index contributed by atoms with van der Waals surface area (Å²) in [6, 6.07) is 7.72. The topological polar surface area (TPSA) is 76.1 Å². The molecule has 0 bridgehead atoms. The van der Waals surface area contributed by atoms with E-state index in [1.807, 2.05) is 38.1 Å². The van der Waals surface area contributed by atoms with Crippen LogP contribution in [0.5, 0.6) is 5.75 Å². The summed E-state index contributed by atoms with van der Waals surface area (Å²) in [5, 5.41) is 14.8. The van der Waals surface area contributed by atoms with Crippen LogP contribution < -0.4 is 15.4 Å². The first kappa shape index (κ1) is 16.6. The van der Waals surface area contributed by atoms with Gasteiger partial charge in [-0.05, 0) is 26.0 Å². The smallest absolute Gasteiger partial charge is 0.230 e. The third-order valence-electron chi connectivity index (χ3n) is 2.50. The van der Waals surface area contributed by atoms with Crippen molar-refractivity contribution in [3.05, 3.63) is 24.3 Å². The summed E-state index contributed by atoms with van der Waals surface area (Å²) >= 11 is 2.79. The number of aromatic nitrogens is 2. The third-order valence-corrected chi connectivity index (χ3v) is 4.48. The minimum atomic E-state index is -0.00231. The number of hydrogen-bond acceptors (Lipinski definition) is 7. The first-order valence-electron chi connectivity index (χ1n) is 6.73. The summed E-state index contributed by atoms with van der Waals surface area (Å²) in [5.74, 6) is 1.11. The zero-order chi connectivity index (χ0) is 15.9. The molecule has 0 spiro atoms. The Balaban J connectivity index is 1.89. The van der Waals surface area contributed by atoms with Crippen molar-refractivity contribution in [1.82, 2.24) is 15.5 Å². The Morgan fingerprint density at radius 3 is 2.95 bits per heavy atom. The Labute approximate surface area is 137 Å². The van der Waals surface area contributed by atoms with Crippen LogP contribution in [0.3, 0.4) is 0 Å². The maximum absolute atomic E-state index is 11.6. The molecule has 0 atom stereocenters. The van der Waals surface area contributed by atoms with Gasteiger partial charge in [-0.1, -0.05) is 29.2 Å². The minimum absolute atomic E-state index is 0.00231. The number of hydrogen-bond donors (Lipinski definition) is 2. The van der Waals surface area contributed by atoms with Gasteiger partial charge in [0.2, 0.25) is 11.0 Å².